The van der Waals surface area contributed by atoms with E-state index in [1.54, 1.807) is 0 Å². The van der Waals surface area contributed by atoms with Crippen molar-refractivity contribution < 1.29 is 8.85 Å². The second-order valence-corrected chi connectivity index (χ2v) is 16.0. The molecule has 22 heavy (non-hydrogen) atoms. The smallest absolute Gasteiger partial charge is 0.194 e. The van der Waals surface area contributed by atoms with E-state index in [4.69, 9.17) is 15.3 Å². The summed E-state index contributed by atoms with van der Waals surface area (Å²) in [5, 5.41) is 0. The van der Waals surface area contributed by atoms with E-state index < -0.39 is 22.2 Å². The van der Waals surface area contributed by atoms with Gasteiger partial charge in [0.1, 0.15) is 5.60 Å². The summed E-state index contributed by atoms with van der Waals surface area (Å²) in [4.78, 5) is 0. The summed E-state index contributed by atoms with van der Waals surface area (Å²) >= 11 is 0. The lowest BCUT2D eigenvalue weighted by atomic mass is 10.1. The molecule has 0 aromatic heterocycles. The molecule has 0 saturated carbocycles. The summed E-state index contributed by atoms with van der Waals surface area (Å²) in [6.45, 7) is 16.3. The van der Waals surface area contributed by atoms with Crippen molar-refractivity contribution in [1.29, 1.82) is 0 Å². The average Bonchev–Trinajstić information content (AvgIpc) is 2.57. The fourth-order valence-electron chi connectivity index (χ4n) is 3.12. The second kappa shape index (κ2) is 9.92. The molecular weight excluding hydrogens is 304 g/mol. The Morgan fingerprint density at radius 2 is 1.23 bits per heavy atom. The van der Waals surface area contributed by atoms with Gasteiger partial charge in [-0.1, -0.05) is 47.5 Å². The van der Waals surface area contributed by atoms with Gasteiger partial charge in [-0.05, 0) is 43.2 Å². The first-order valence-corrected chi connectivity index (χ1v) is 14.2. The minimum absolute atomic E-state index is 0.469. The summed E-state index contributed by atoms with van der Waals surface area (Å²) in [6, 6.07) is 6.96. The van der Waals surface area contributed by atoms with Gasteiger partial charge in [0.05, 0.1) is 0 Å². The molecule has 0 saturated heterocycles. The lowest BCUT2D eigenvalue weighted by molar-refractivity contribution is 0.103. The van der Waals surface area contributed by atoms with Gasteiger partial charge in [-0.2, -0.15) is 0 Å². The van der Waals surface area contributed by atoms with E-state index in [0.717, 1.165) is 31.2 Å². The fourth-order valence-corrected chi connectivity index (χ4v) is 8.81. The zero-order chi connectivity index (χ0) is 17.3. The topological polar surface area (TPSA) is 18.5 Å². The van der Waals surface area contributed by atoms with Gasteiger partial charge in [-0.15, -0.1) is 6.42 Å². The molecule has 0 unspecified atom stereocenters. The van der Waals surface area contributed by atoms with Crippen LogP contribution in [0.1, 0.15) is 54.9 Å². The van der Waals surface area contributed by atoms with Crippen molar-refractivity contribution >= 4 is 16.6 Å². The molecule has 1 atom stereocenters. The number of terminal acetylenes is 1. The monoisotopic (exact) mass is 342 g/mol. The normalized spacial score (nSPS) is 15.4. The molecule has 0 radical (unpaired) electrons. The third-order valence-corrected chi connectivity index (χ3v) is 15.0. The summed E-state index contributed by atoms with van der Waals surface area (Å²) in [6.07, 6.45) is 6.64. The van der Waals surface area contributed by atoms with Gasteiger partial charge in [0.15, 0.2) is 16.6 Å². The quantitative estimate of drug-likeness (QED) is 0.329. The lowest BCUT2D eigenvalue weighted by Gasteiger charge is -2.38. The van der Waals surface area contributed by atoms with E-state index in [1.165, 1.54) is 18.1 Å². The standard InChI is InChI=1S/C18H38O2Si2/c1-9-18(8,20-22(13-5,14-6)15-7)16-17-19-21(10-2,11-3)12-4/h1H,10-17H2,2-8H3/t18-/m0/s1. The van der Waals surface area contributed by atoms with Gasteiger partial charge >= 0.3 is 0 Å². The molecule has 0 aliphatic carbocycles. The van der Waals surface area contributed by atoms with Gasteiger partial charge in [0.2, 0.25) is 0 Å². The molecule has 2 nitrogen and oxygen atoms in total. The molecule has 0 bridgehead atoms. The molecule has 0 spiro atoms. The number of hydrogen-bond donors (Lipinski definition) is 0. The number of hydrogen-bond acceptors (Lipinski definition) is 2. The third kappa shape index (κ3) is 5.84. The van der Waals surface area contributed by atoms with Crippen LogP contribution in [0.15, 0.2) is 0 Å². The van der Waals surface area contributed by atoms with E-state index in [9.17, 15) is 0 Å². The molecule has 0 heterocycles. The van der Waals surface area contributed by atoms with Crippen LogP contribution in [0.4, 0.5) is 0 Å². The Hall–Kier alpha value is -0.0862. The summed E-state index contributed by atoms with van der Waals surface area (Å²) in [7, 11) is -3.21. The van der Waals surface area contributed by atoms with E-state index >= 15 is 0 Å². The maximum Gasteiger partial charge on any atom is 0.194 e. The Labute approximate surface area is 141 Å². The summed E-state index contributed by atoms with van der Waals surface area (Å²) in [5.74, 6) is 2.92. The lowest BCUT2D eigenvalue weighted by Crippen LogP contribution is -2.46. The summed E-state index contributed by atoms with van der Waals surface area (Å²) < 4.78 is 12.9. The first kappa shape index (κ1) is 21.9. The van der Waals surface area contributed by atoms with Gasteiger partial charge in [-0.25, -0.2) is 0 Å². The highest BCUT2D eigenvalue weighted by Crippen LogP contribution is 2.30. The second-order valence-electron chi connectivity index (χ2n) is 6.56. The van der Waals surface area contributed by atoms with E-state index in [0.29, 0.717) is 0 Å². The van der Waals surface area contributed by atoms with E-state index in [2.05, 4.69) is 54.4 Å². The molecule has 0 aromatic carbocycles. The predicted octanol–water partition coefficient (Wildman–Crippen LogP) is 5.81. The van der Waals surface area contributed by atoms with Crippen molar-refractivity contribution in [3.05, 3.63) is 0 Å². The average molecular weight is 343 g/mol. The van der Waals surface area contributed by atoms with Crippen LogP contribution in [-0.4, -0.2) is 28.8 Å². The SMILES string of the molecule is C#C[C@@](C)(CCO[Si](CC)(CC)CC)O[Si](CC)(CC)CC. The van der Waals surface area contributed by atoms with Crippen LogP contribution in [0, 0.1) is 12.3 Å². The van der Waals surface area contributed by atoms with Crippen LogP contribution in [0.25, 0.3) is 0 Å². The van der Waals surface area contributed by atoms with Crippen molar-refractivity contribution in [2.24, 2.45) is 0 Å². The maximum absolute atomic E-state index is 6.58. The van der Waals surface area contributed by atoms with Crippen LogP contribution >= 0.6 is 0 Å². The molecular formula is C18H38O2Si2. The molecule has 0 rings (SSSR count). The molecule has 0 aliphatic rings. The summed E-state index contributed by atoms with van der Waals surface area (Å²) in [5.41, 5.74) is -0.469. The van der Waals surface area contributed by atoms with Crippen molar-refractivity contribution in [1.82, 2.24) is 0 Å². The van der Waals surface area contributed by atoms with Crippen molar-refractivity contribution in [2.45, 2.75) is 96.8 Å². The van der Waals surface area contributed by atoms with Gasteiger partial charge in [0, 0.05) is 13.0 Å². The predicted molar refractivity (Wildman–Crippen MR) is 103 cm³/mol. The minimum atomic E-state index is -1.68. The highest BCUT2D eigenvalue weighted by molar-refractivity contribution is 6.74. The molecule has 0 amide bonds. The van der Waals surface area contributed by atoms with E-state index in [1.807, 2.05) is 0 Å². The van der Waals surface area contributed by atoms with Crippen molar-refractivity contribution in [3.63, 3.8) is 0 Å². The van der Waals surface area contributed by atoms with Crippen LogP contribution in [-0.2, 0) is 8.85 Å². The molecule has 130 valence electrons. The highest BCUT2D eigenvalue weighted by Gasteiger charge is 2.37. The first-order valence-electron chi connectivity index (χ1n) is 9.16. The minimum Gasteiger partial charge on any atom is -0.417 e. The van der Waals surface area contributed by atoms with Crippen LogP contribution in [0.2, 0.25) is 36.3 Å². The third-order valence-electron chi connectivity index (χ3n) is 5.60. The van der Waals surface area contributed by atoms with Crippen LogP contribution in [0.3, 0.4) is 0 Å². The van der Waals surface area contributed by atoms with Gasteiger partial charge < -0.3 is 8.85 Å². The first-order chi connectivity index (χ1) is 10.3. The largest absolute Gasteiger partial charge is 0.417 e. The van der Waals surface area contributed by atoms with Crippen LogP contribution < -0.4 is 0 Å². The van der Waals surface area contributed by atoms with Crippen molar-refractivity contribution in [2.75, 3.05) is 6.61 Å². The fraction of sp³-hybridized carbons (Fsp3) is 0.889. The van der Waals surface area contributed by atoms with Crippen molar-refractivity contribution in [3.8, 4) is 12.3 Å². The Kier molecular flexibility index (Phi) is 9.88. The van der Waals surface area contributed by atoms with Crippen LogP contribution in [0.5, 0.6) is 0 Å². The Balaban J connectivity index is 4.81. The maximum atomic E-state index is 6.58. The molecule has 4 heteroatoms. The molecule has 0 fully saturated rings. The van der Waals surface area contributed by atoms with E-state index in [-0.39, 0.29) is 0 Å². The Morgan fingerprint density at radius 1 is 0.818 bits per heavy atom. The molecule has 0 aliphatic heterocycles. The Bertz CT molecular complexity index is 327. The van der Waals surface area contributed by atoms with Gasteiger partial charge in [-0.3, -0.25) is 0 Å². The number of rotatable bonds is 12. The zero-order valence-corrected chi connectivity index (χ0v) is 18.1. The highest BCUT2D eigenvalue weighted by atomic mass is 28.4. The Morgan fingerprint density at radius 3 is 1.55 bits per heavy atom. The zero-order valence-electron chi connectivity index (χ0n) is 16.1. The van der Waals surface area contributed by atoms with Gasteiger partial charge in [0.25, 0.3) is 0 Å². The molecule has 0 N–H and O–H groups in total. The molecule has 0 aromatic rings.